The summed E-state index contributed by atoms with van der Waals surface area (Å²) in [6, 6.07) is 7.62. The van der Waals surface area contributed by atoms with Gasteiger partial charge in [-0.05, 0) is 30.0 Å². The number of ether oxygens (including phenoxy) is 1. The fourth-order valence-corrected chi connectivity index (χ4v) is 1.72. The highest BCUT2D eigenvalue weighted by Gasteiger charge is 2.01. The van der Waals surface area contributed by atoms with E-state index >= 15 is 0 Å². The fraction of sp³-hybridized carbons (Fsp3) is 0.562. The van der Waals surface area contributed by atoms with Crippen LogP contribution in [0.4, 0.5) is 0 Å². The Hall–Kier alpha value is -1.39. The van der Waals surface area contributed by atoms with Crippen molar-refractivity contribution in [2.45, 2.75) is 26.8 Å². The van der Waals surface area contributed by atoms with Crippen LogP contribution in [0.25, 0.3) is 0 Å². The molecule has 1 aromatic carbocycles. The molecule has 0 saturated carbocycles. The summed E-state index contributed by atoms with van der Waals surface area (Å²) in [5.41, 5.74) is 1.85. The van der Waals surface area contributed by atoms with Gasteiger partial charge in [0.25, 0.3) is 5.91 Å². The number of hydrogen-bond acceptors (Lipinski definition) is 3. The minimum absolute atomic E-state index is 0.0527. The number of carbonyl (C=O) groups excluding carboxylic acids is 1. The Morgan fingerprint density at radius 3 is 2.50 bits per heavy atom. The van der Waals surface area contributed by atoms with Gasteiger partial charge in [0, 0.05) is 32.3 Å². The summed E-state index contributed by atoms with van der Waals surface area (Å²) in [4.78, 5) is 11.4. The van der Waals surface area contributed by atoms with Gasteiger partial charge in [-0.2, -0.15) is 0 Å². The molecule has 0 radical (unpaired) electrons. The van der Waals surface area contributed by atoms with Crippen molar-refractivity contribution < 1.29 is 9.53 Å². The quantitative estimate of drug-likeness (QED) is 0.681. The van der Waals surface area contributed by atoms with Gasteiger partial charge in [0.2, 0.25) is 0 Å². The van der Waals surface area contributed by atoms with E-state index in [4.69, 9.17) is 4.74 Å². The summed E-state index contributed by atoms with van der Waals surface area (Å²) in [7, 11) is 1.64. The highest BCUT2D eigenvalue weighted by molar-refractivity contribution is 5.93. The van der Waals surface area contributed by atoms with Crippen LogP contribution < -0.4 is 10.6 Å². The predicted molar refractivity (Wildman–Crippen MR) is 81.8 cm³/mol. The molecule has 0 heterocycles. The molecule has 0 aliphatic carbocycles. The normalized spacial score (nSPS) is 10.8. The molecule has 112 valence electrons. The minimum Gasteiger partial charge on any atom is -0.380 e. The van der Waals surface area contributed by atoms with E-state index in [1.807, 2.05) is 24.3 Å². The third-order valence-corrected chi connectivity index (χ3v) is 3.04. The molecule has 0 aromatic heterocycles. The van der Waals surface area contributed by atoms with Gasteiger partial charge >= 0.3 is 0 Å². The van der Waals surface area contributed by atoms with E-state index in [1.165, 1.54) is 5.56 Å². The Morgan fingerprint density at radius 1 is 1.20 bits per heavy atom. The Labute approximate surface area is 121 Å². The Morgan fingerprint density at radius 2 is 1.90 bits per heavy atom. The molecular formula is C16H26N2O2. The topological polar surface area (TPSA) is 50.4 Å². The van der Waals surface area contributed by atoms with Crippen LogP contribution in [-0.4, -0.2) is 32.7 Å². The van der Waals surface area contributed by atoms with E-state index in [1.54, 1.807) is 7.05 Å². The third-order valence-electron chi connectivity index (χ3n) is 3.04. The Bertz CT molecular complexity index is 388. The van der Waals surface area contributed by atoms with Crippen LogP contribution in [0.3, 0.4) is 0 Å². The van der Waals surface area contributed by atoms with Crippen molar-refractivity contribution in [3.05, 3.63) is 35.4 Å². The van der Waals surface area contributed by atoms with Crippen LogP contribution in [-0.2, 0) is 11.3 Å². The van der Waals surface area contributed by atoms with Crippen molar-refractivity contribution >= 4 is 5.91 Å². The molecule has 2 N–H and O–H groups in total. The van der Waals surface area contributed by atoms with Crippen LogP contribution in [0.1, 0.15) is 36.2 Å². The molecule has 0 spiro atoms. The Kier molecular flexibility index (Phi) is 7.92. The number of hydrogen-bond donors (Lipinski definition) is 2. The van der Waals surface area contributed by atoms with Crippen molar-refractivity contribution in [3.63, 3.8) is 0 Å². The maximum atomic E-state index is 11.4. The van der Waals surface area contributed by atoms with Gasteiger partial charge in [0.1, 0.15) is 0 Å². The van der Waals surface area contributed by atoms with Gasteiger partial charge in [0.05, 0.1) is 6.61 Å². The highest BCUT2D eigenvalue weighted by atomic mass is 16.5. The molecule has 0 aliphatic heterocycles. The van der Waals surface area contributed by atoms with E-state index < -0.39 is 0 Å². The first-order valence-electron chi connectivity index (χ1n) is 7.23. The molecule has 0 fully saturated rings. The predicted octanol–water partition coefficient (Wildman–Crippen LogP) is 2.20. The van der Waals surface area contributed by atoms with Crippen LogP contribution in [0, 0.1) is 5.92 Å². The van der Waals surface area contributed by atoms with Gasteiger partial charge < -0.3 is 15.4 Å². The third kappa shape index (κ3) is 6.68. The van der Waals surface area contributed by atoms with Crippen molar-refractivity contribution in [3.8, 4) is 0 Å². The van der Waals surface area contributed by atoms with Crippen LogP contribution >= 0.6 is 0 Å². The van der Waals surface area contributed by atoms with E-state index in [9.17, 15) is 4.79 Å². The number of rotatable bonds is 9. The zero-order valence-electron chi connectivity index (χ0n) is 12.7. The molecular weight excluding hydrogens is 252 g/mol. The largest absolute Gasteiger partial charge is 0.380 e. The molecule has 4 nitrogen and oxygen atoms in total. The van der Waals surface area contributed by atoms with Crippen molar-refractivity contribution in [2.24, 2.45) is 5.92 Å². The summed E-state index contributed by atoms with van der Waals surface area (Å²) < 4.78 is 5.53. The van der Waals surface area contributed by atoms with Crippen LogP contribution in [0.15, 0.2) is 24.3 Å². The summed E-state index contributed by atoms with van der Waals surface area (Å²) in [6.45, 7) is 7.61. The number of nitrogens with one attached hydrogen (secondary N) is 2. The zero-order valence-corrected chi connectivity index (χ0v) is 12.7. The summed E-state index contributed by atoms with van der Waals surface area (Å²) in [6.07, 6.45) is 1.11. The second kappa shape index (κ2) is 9.50. The lowest BCUT2D eigenvalue weighted by molar-refractivity contribution is 0.0963. The molecule has 0 bridgehead atoms. The average molecular weight is 278 g/mol. The Balaban J connectivity index is 2.14. The number of benzene rings is 1. The first-order chi connectivity index (χ1) is 9.63. The van der Waals surface area contributed by atoms with Crippen LogP contribution in [0.5, 0.6) is 0 Å². The average Bonchev–Trinajstić information content (AvgIpc) is 2.45. The molecule has 0 unspecified atom stereocenters. The molecule has 20 heavy (non-hydrogen) atoms. The van der Waals surface area contributed by atoms with E-state index in [2.05, 4.69) is 24.5 Å². The molecule has 1 rings (SSSR count). The van der Waals surface area contributed by atoms with Crippen LogP contribution in [0.2, 0.25) is 0 Å². The standard InChI is InChI=1S/C16H26N2O2/c1-13(2)8-10-20-11-9-18-12-14-4-6-15(7-5-14)16(19)17-3/h4-7,13,18H,8-12H2,1-3H3,(H,17,19). The van der Waals surface area contributed by atoms with Gasteiger partial charge in [-0.3, -0.25) is 4.79 Å². The fourth-order valence-electron chi connectivity index (χ4n) is 1.72. The molecule has 1 amide bonds. The zero-order chi connectivity index (χ0) is 14.8. The number of amides is 1. The summed E-state index contributed by atoms with van der Waals surface area (Å²) in [5.74, 6) is 0.643. The summed E-state index contributed by atoms with van der Waals surface area (Å²) in [5, 5.41) is 5.94. The lowest BCUT2D eigenvalue weighted by Gasteiger charge is -2.08. The second-order valence-electron chi connectivity index (χ2n) is 5.25. The molecule has 4 heteroatoms. The van der Waals surface area contributed by atoms with E-state index in [-0.39, 0.29) is 5.91 Å². The van der Waals surface area contributed by atoms with Gasteiger partial charge in [0.15, 0.2) is 0 Å². The maximum Gasteiger partial charge on any atom is 0.251 e. The molecule has 0 atom stereocenters. The van der Waals surface area contributed by atoms with E-state index in [0.29, 0.717) is 11.5 Å². The van der Waals surface area contributed by atoms with Gasteiger partial charge in [-0.1, -0.05) is 26.0 Å². The molecule has 0 aliphatic rings. The van der Waals surface area contributed by atoms with Gasteiger partial charge in [-0.15, -0.1) is 0 Å². The highest BCUT2D eigenvalue weighted by Crippen LogP contribution is 2.04. The monoisotopic (exact) mass is 278 g/mol. The number of carbonyl (C=O) groups is 1. The van der Waals surface area contributed by atoms with E-state index in [0.717, 1.165) is 32.7 Å². The lowest BCUT2D eigenvalue weighted by atomic mass is 10.1. The second-order valence-corrected chi connectivity index (χ2v) is 5.25. The smallest absolute Gasteiger partial charge is 0.251 e. The lowest BCUT2D eigenvalue weighted by Crippen LogP contribution is -2.20. The van der Waals surface area contributed by atoms with Crippen molar-refractivity contribution in [1.82, 2.24) is 10.6 Å². The summed E-state index contributed by atoms with van der Waals surface area (Å²) >= 11 is 0. The minimum atomic E-state index is -0.0527. The molecule has 1 aromatic rings. The first-order valence-corrected chi connectivity index (χ1v) is 7.23. The maximum absolute atomic E-state index is 11.4. The van der Waals surface area contributed by atoms with Crippen molar-refractivity contribution in [2.75, 3.05) is 26.8 Å². The first kappa shape index (κ1) is 16.7. The SMILES string of the molecule is CNC(=O)c1ccc(CNCCOCCC(C)C)cc1. The van der Waals surface area contributed by atoms with Crippen molar-refractivity contribution in [1.29, 1.82) is 0 Å². The molecule has 0 saturated heterocycles. The van der Waals surface area contributed by atoms with Gasteiger partial charge in [-0.25, -0.2) is 0 Å².